The van der Waals surface area contributed by atoms with Gasteiger partial charge in [0.1, 0.15) is 0 Å². The van der Waals surface area contributed by atoms with Crippen LogP contribution in [0.15, 0.2) is 12.3 Å². The quantitative estimate of drug-likeness (QED) is 0.778. The Kier molecular flexibility index (Phi) is 3.87. The van der Waals surface area contributed by atoms with Crippen molar-refractivity contribution in [1.82, 2.24) is 9.78 Å². The van der Waals surface area contributed by atoms with E-state index in [1.807, 2.05) is 0 Å². The molecule has 0 amide bonds. The first kappa shape index (κ1) is 12.2. The number of aromatic nitrogens is 2. The maximum Gasteiger partial charge on any atom is 0.158 e. The maximum atomic E-state index is 11.8. The van der Waals surface area contributed by atoms with Gasteiger partial charge in [-0.1, -0.05) is 0 Å². The highest BCUT2D eigenvalue weighted by atomic mass is 32.2. The fourth-order valence-electron chi connectivity index (χ4n) is 1.30. The van der Waals surface area contributed by atoms with Crippen LogP contribution >= 0.6 is 0 Å². The van der Waals surface area contributed by atoms with Crippen molar-refractivity contribution >= 4 is 9.84 Å². The van der Waals surface area contributed by atoms with Gasteiger partial charge in [0.25, 0.3) is 0 Å². The van der Waals surface area contributed by atoms with Gasteiger partial charge in [-0.25, -0.2) is 8.42 Å². The van der Waals surface area contributed by atoms with Crippen molar-refractivity contribution in [2.24, 2.45) is 12.8 Å². The lowest BCUT2D eigenvalue weighted by Crippen LogP contribution is -2.23. The zero-order chi connectivity index (χ0) is 11.5. The second-order valence-electron chi connectivity index (χ2n) is 3.68. The first-order valence-electron chi connectivity index (χ1n) is 4.86. The summed E-state index contributed by atoms with van der Waals surface area (Å²) in [5.74, 6) is -0.00495. The van der Waals surface area contributed by atoms with Crippen LogP contribution in [0.2, 0.25) is 0 Å². The zero-order valence-corrected chi connectivity index (χ0v) is 9.87. The molecule has 0 aromatic carbocycles. The van der Waals surface area contributed by atoms with Gasteiger partial charge in [0.15, 0.2) is 9.84 Å². The molecule has 86 valence electrons. The zero-order valence-electron chi connectivity index (χ0n) is 9.05. The van der Waals surface area contributed by atoms with Gasteiger partial charge in [0, 0.05) is 13.2 Å². The molecule has 0 radical (unpaired) electrons. The highest BCUT2D eigenvalue weighted by molar-refractivity contribution is 7.91. The summed E-state index contributed by atoms with van der Waals surface area (Å²) in [5, 5.41) is 3.65. The smallest absolute Gasteiger partial charge is 0.158 e. The lowest BCUT2D eigenvalue weighted by molar-refractivity contribution is 0.576. The van der Waals surface area contributed by atoms with Gasteiger partial charge in [-0.15, -0.1) is 0 Å². The molecule has 1 unspecified atom stereocenters. The molecular formula is C9H17N3O2S. The van der Waals surface area contributed by atoms with Gasteiger partial charge < -0.3 is 5.73 Å². The number of hydrogen-bond donors (Lipinski definition) is 1. The third-order valence-corrected chi connectivity index (χ3v) is 4.46. The van der Waals surface area contributed by atoms with Crippen LogP contribution in [0.4, 0.5) is 0 Å². The molecule has 0 saturated heterocycles. The van der Waals surface area contributed by atoms with E-state index in [1.165, 1.54) is 0 Å². The van der Waals surface area contributed by atoms with Crippen LogP contribution in [0.5, 0.6) is 0 Å². The molecular weight excluding hydrogens is 214 g/mol. The summed E-state index contributed by atoms with van der Waals surface area (Å²) >= 11 is 0. The number of nitrogens with two attached hydrogens (primary N) is 1. The SMILES string of the molecule is CC(CCN)S(=O)(=O)Cc1ccn(C)n1. The molecule has 5 nitrogen and oxygen atoms in total. The number of nitrogens with zero attached hydrogens (tertiary/aromatic N) is 2. The highest BCUT2D eigenvalue weighted by Gasteiger charge is 2.21. The van der Waals surface area contributed by atoms with Crippen molar-refractivity contribution in [1.29, 1.82) is 0 Å². The average molecular weight is 231 g/mol. The molecule has 0 bridgehead atoms. The number of hydrogen-bond acceptors (Lipinski definition) is 4. The Morgan fingerprint density at radius 3 is 2.73 bits per heavy atom. The first-order valence-corrected chi connectivity index (χ1v) is 6.57. The second kappa shape index (κ2) is 4.76. The molecule has 0 aliphatic rings. The Morgan fingerprint density at radius 2 is 2.27 bits per heavy atom. The largest absolute Gasteiger partial charge is 0.330 e. The Morgan fingerprint density at radius 1 is 1.60 bits per heavy atom. The van der Waals surface area contributed by atoms with Crippen molar-refractivity contribution in [2.45, 2.75) is 24.3 Å². The third-order valence-electron chi connectivity index (χ3n) is 2.30. The van der Waals surface area contributed by atoms with Gasteiger partial charge in [-0.2, -0.15) is 5.10 Å². The van der Waals surface area contributed by atoms with Gasteiger partial charge in [0.05, 0.1) is 16.7 Å². The third kappa shape index (κ3) is 3.32. The normalized spacial score (nSPS) is 14.1. The van der Waals surface area contributed by atoms with Crippen LogP contribution in [0.3, 0.4) is 0 Å². The molecule has 6 heteroatoms. The summed E-state index contributed by atoms with van der Waals surface area (Å²) in [6.45, 7) is 2.08. The summed E-state index contributed by atoms with van der Waals surface area (Å²) in [6.07, 6.45) is 2.23. The van der Waals surface area contributed by atoms with E-state index < -0.39 is 15.1 Å². The molecule has 15 heavy (non-hydrogen) atoms. The van der Waals surface area contributed by atoms with Crippen molar-refractivity contribution in [2.75, 3.05) is 6.54 Å². The summed E-state index contributed by atoms with van der Waals surface area (Å²) in [5.41, 5.74) is 5.92. The summed E-state index contributed by atoms with van der Waals surface area (Å²) < 4.78 is 25.2. The fourth-order valence-corrected chi connectivity index (χ4v) is 2.65. The molecule has 1 rings (SSSR count). The van der Waals surface area contributed by atoms with Crippen molar-refractivity contribution < 1.29 is 8.42 Å². The van der Waals surface area contributed by atoms with E-state index in [4.69, 9.17) is 5.73 Å². The van der Waals surface area contributed by atoms with E-state index in [0.29, 0.717) is 18.7 Å². The van der Waals surface area contributed by atoms with E-state index in [9.17, 15) is 8.42 Å². The molecule has 1 aromatic rings. The van der Waals surface area contributed by atoms with Crippen LogP contribution in [0, 0.1) is 0 Å². The molecule has 1 heterocycles. The Hall–Kier alpha value is -0.880. The summed E-state index contributed by atoms with van der Waals surface area (Å²) in [7, 11) is -1.35. The topological polar surface area (TPSA) is 78.0 Å². The number of rotatable bonds is 5. The Balaban J connectivity index is 2.72. The van der Waals surface area contributed by atoms with E-state index >= 15 is 0 Å². The van der Waals surface area contributed by atoms with E-state index in [1.54, 1.807) is 30.9 Å². The minimum absolute atomic E-state index is 0.00495. The van der Waals surface area contributed by atoms with Gasteiger partial charge >= 0.3 is 0 Å². The number of aryl methyl sites for hydroxylation is 1. The molecule has 0 aliphatic carbocycles. The average Bonchev–Trinajstić information content (AvgIpc) is 2.50. The molecule has 1 aromatic heterocycles. The molecule has 2 N–H and O–H groups in total. The van der Waals surface area contributed by atoms with Crippen molar-refractivity contribution in [3.05, 3.63) is 18.0 Å². The van der Waals surface area contributed by atoms with E-state index in [0.717, 1.165) is 0 Å². The molecule has 0 aliphatic heterocycles. The fraction of sp³-hybridized carbons (Fsp3) is 0.667. The van der Waals surface area contributed by atoms with E-state index in [2.05, 4.69) is 5.10 Å². The minimum atomic E-state index is -3.12. The lowest BCUT2D eigenvalue weighted by atomic mass is 10.3. The van der Waals surface area contributed by atoms with Gasteiger partial charge in [-0.05, 0) is 26.0 Å². The monoisotopic (exact) mass is 231 g/mol. The van der Waals surface area contributed by atoms with Crippen molar-refractivity contribution in [3.63, 3.8) is 0 Å². The van der Waals surface area contributed by atoms with Crippen LogP contribution < -0.4 is 5.73 Å². The summed E-state index contributed by atoms with van der Waals surface area (Å²) in [4.78, 5) is 0. The maximum absolute atomic E-state index is 11.8. The van der Waals surface area contributed by atoms with Crippen molar-refractivity contribution in [3.8, 4) is 0 Å². The molecule has 1 atom stereocenters. The van der Waals surface area contributed by atoms with Crippen LogP contribution in [0.25, 0.3) is 0 Å². The highest BCUT2D eigenvalue weighted by Crippen LogP contribution is 2.11. The lowest BCUT2D eigenvalue weighted by Gasteiger charge is -2.10. The minimum Gasteiger partial charge on any atom is -0.330 e. The molecule has 0 fully saturated rings. The predicted molar refractivity (Wildman–Crippen MR) is 59.0 cm³/mol. The predicted octanol–water partition coefficient (Wildman–Crippen LogP) is 0.0722. The molecule has 0 spiro atoms. The Bertz CT molecular complexity index is 411. The summed E-state index contributed by atoms with van der Waals surface area (Å²) in [6, 6.07) is 1.71. The second-order valence-corrected chi connectivity index (χ2v) is 6.10. The van der Waals surface area contributed by atoms with Gasteiger partial charge in [-0.3, -0.25) is 4.68 Å². The first-order chi connectivity index (χ1) is 6.95. The standard InChI is InChI=1S/C9H17N3O2S/c1-8(3-5-10)15(13,14)7-9-4-6-12(2)11-9/h4,6,8H,3,5,7,10H2,1-2H3. The van der Waals surface area contributed by atoms with Gasteiger partial charge in [0.2, 0.25) is 0 Å². The van der Waals surface area contributed by atoms with Crippen LogP contribution in [0.1, 0.15) is 19.0 Å². The van der Waals surface area contributed by atoms with Crippen LogP contribution in [-0.2, 0) is 22.6 Å². The molecule has 0 saturated carbocycles. The van der Waals surface area contributed by atoms with E-state index in [-0.39, 0.29) is 5.75 Å². The number of sulfone groups is 1. The Labute approximate surface area is 90.2 Å². The van der Waals surface area contributed by atoms with Crippen LogP contribution in [-0.4, -0.2) is 30.0 Å².